The van der Waals surface area contributed by atoms with Gasteiger partial charge in [-0.3, -0.25) is 4.79 Å². The predicted octanol–water partition coefficient (Wildman–Crippen LogP) is 2.09. The fraction of sp³-hybridized carbons (Fsp3) is 0.462. The van der Waals surface area contributed by atoms with Crippen LogP contribution in [0, 0.1) is 0 Å². The van der Waals surface area contributed by atoms with E-state index in [1.165, 1.54) is 30.2 Å². The van der Waals surface area contributed by atoms with Crippen LogP contribution in [-0.2, 0) is 6.42 Å². The van der Waals surface area contributed by atoms with E-state index in [-0.39, 0.29) is 0 Å². The van der Waals surface area contributed by atoms with Gasteiger partial charge in [0.05, 0.1) is 0 Å². The van der Waals surface area contributed by atoms with E-state index in [1.807, 2.05) is 23.9 Å². The van der Waals surface area contributed by atoms with Crippen molar-refractivity contribution < 1.29 is 4.79 Å². The highest BCUT2D eigenvalue weighted by atomic mass is 32.2. The molecule has 0 saturated carbocycles. The Kier molecular flexibility index (Phi) is 4.43. The highest BCUT2D eigenvalue weighted by molar-refractivity contribution is 7.99. The van der Waals surface area contributed by atoms with Crippen LogP contribution in [0.15, 0.2) is 24.3 Å². The maximum atomic E-state index is 10.5. The van der Waals surface area contributed by atoms with E-state index in [0.717, 1.165) is 24.8 Å². The van der Waals surface area contributed by atoms with Crippen molar-refractivity contribution in [3.05, 3.63) is 35.4 Å². The topological polar surface area (TPSA) is 20.3 Å². The van der Waals surface area contributed by atoms with Gasteiger partial charge in [-0.15, -0.1) is 0 Å². The maximum absolute atomic E-state index is 10.5. The Bertz CT molecular complexity index is 330. The van der Waals surface area contributed by atoms with Gasteiger partial charge in [-0.2, -0.15) is 11.8 Å². The summed E-state index contributed by atoms with van der Waals surface area (Å²) in [6.07, 6.45) is 1.98. The molecule has 3 heteroatoms. The molecule has 0 radical (unpaired) electrons. The summed E-state index contributed by atoms with van der Waals surface area (Å²) in [6, 6.07) is 7.91. The first-order valence-corrected chi connectivity index (χ1v) is 6.88. The summed E-state index contributed by atoms with van der Waals surface area (Å²) in [7, 11) is 0. The van der Waals surface area contributed by atoms with Crippen molar-refractivity contribution in [2.75, 3.05) is 31.1 Å². The lowest BCUT2D eigenvalue weighted by atomic mass is 10.1. The van der Waals surface area contributed by atoms with Crippen molar-refractivity contribution >= 4 is 18.0 Å². The van der Waals surface area contributed by atoms with E-state index in [9.17, 15) is 4.79 Å². The first kappa shape index (κ1) is 11.7. The van der Waals surface area contributed by atoms with Crippen LogP contribution < -0.4 is 0 Å². The largest absolute Gasteiger partial charge is 0.301 e. The van der Waals surface area contributed by atoms with E-state index in [4.69, 9.17) is 0 Å². The molecule has 1 aliphatic rings. The molecule has 0 aromatic heterocycles. The van der Waals surface area contributed by atoms with Crippen LogP contribution in [0.1, 0.15) is 15.9 Å². The Morgan fingerprint density at radius 2 is 1.88 bits per heavy atom. The van der Waals surface area contributed by atoms with Crippen LogP contribution in [0.3, 0.4) is 0 Å². The summed E-state index contributed by atoms with van der Waals surface area (Å²) in [6.45, 7) is 3.58. The zero-order valence-corrected chi connectivity index (χ0v) is 10.2. The fourth-order valence-electron chi connectivity index (χ4n) is 1.87. The second-order valence-electron chi connectivity index (χ2n) is 4.06. The first-order chi connectivity index (χ1) is 7.88. The molecule has 86 valence electrons. The molecule has 16 heavy (non-hydrogen) atoms. The van der Waals surface area contributed by atoms with E-state index < -0.39 is 0 Å². The molecule has 0 N–H and O–H groups in total. The van der Waals surface area contributed by atoms with Gasteiger partial charge in [-0.25, -0.2) is 0 Å². The monoisotopic (exact) mass is 235 g/mol. The molecule has 0 unspecified atom stereocenters. The summed E-state index contributed by atoms with van der Waals surface area (Å²) in [5.41, 5.74) is 2.09. The van der Waals surface area contributed by atoms with Crippen molar-refractivity contribution in [1.82, 2.24) is 4.90 Å². The molecule has 2 rings (SSSR count). The third-order valence-corrected chi connectivity index (χ3v) is 3.88. The van der Waals surface area contributed by atoms with Crippen molar-refractivity contribution in [2.45, 2.75) is 6.42 Å². The molecular weight excluding hydrogens is 218 g/mol. The summed E-state index contributed by atoms with van der Waals surface area (Å²) in [5.74, 6) is 2.54. The van der Waals surface area contributed by atoms with Crippen molar-refractivity contribution in [3.8, 4) is 0 Å². The summed E-state index contributed by atoms with van der Waals surface area (Å²) in [5, 5.41) is 0. The van der Waals surface area contributed by atoms with Gasteiger partial charge in [0.2, 0.25) is 0 Å². The van der Waals surface area contributed by atoms with Crippen LogP contribution in [0.2, 0.25) is 0 Å². The van der Waals surface area contributed by atoms with Crippen LogP contribution in [-0.4, -0.2) is 42.3 Å². The van der Waals surface area contributed by atoms with E-state index in [0.29, 0.717) is 0 Å². The number of rotatable bonds is 4. The smallest absolute Gasteiger partial charge is 0.150 e. The van der Waals surface area contributed by atoms with Gasteiger partial charge in [0.25, 0.3) is 0 Å². The van der Waals surface area contributed by atoms with Crippen LogP contribution in [0.5, 0.6) is 0 Å². The summed E-state index contributed by atoms with van der Waals surface area (Å²) in [4.78, 5) is 13.0. The Labute approximate surface area is 101 Å². The second-order valence-corrected chi connectivity index (χ2v) is 5.29. The minimum absolute atomic E-state index is 0.762. The molecular formula is C13H17NOS. The number of thioether (sulfide) groups is 1. The molecule has 1 aliphatic heterocycles. The molecule has 0 bridgehead atoms. The number of hydrogen-bond donors (Lipinski definition) is 0. The van der Waals surface area contributed by atoms with E-state index >= 15 is 0 Å². The van der Waals surface area contributed by atoms with Crippen molar-refractivity contribution in [1.29, 1.82) is 0 Å². The number of carbonyl (C=O) groups excluding carboxylic acids is 1. The van der Waals surface area contributed by atoms with Crippen molar-refractivity contribution in [3.63, 3.8) is 0 Å². The molecule has 0 spiro atoms. The lowest BCUT2D eigenvalue weighted by Crippen LogP contribution is -2.34. The van der Waals surface area contributed by atoms with Gasteiger partial charge in [0.15, 0.2) is 0 Å². The molecule has 0 atom stereocenters. The molecule has 1 saturated heterocycles. The minimum Gasteiger partial charge on any atom is -0.301 e. The van der Waals surface area contributed by atoms with Crippen LogP contribution >= 0.6 is 11.8 Å². The summed E-state index contributed by atoms with van der Waals surface area (Å²) >= 11 is 2.04. The Morgan fingerprint density at radius 1 is 1.19 bits per heavy atom. The SMILES string of the molecule is O=Cc1ccc(CCN2CCSCC2)cc1. The fourth-order valence-corrected chi connectivity index (χ4v) is 2.85. The van der Waals surface area contributed by atoms with E-state index in [2.05, 4.69) is 17.0 Å². The van der Waals surface area contributed by atoms with Gasteiger partial charge in [0.1, 0.15) is 6.29 Å². The van der Waals surface area contributed by atoms with Gasteiger partial charge < -0.3 is 4.90 Å². The number of nitrogens with zero attached hydrogens (tertiary/aromatic N) is 1. The number of benzene rings is 1. The molecule has 0 amide bonds. The zero-order chi connectivity index (χ0) is 11.2. The third kappa shape index (κ3) is 3.35. The average molecular weight is 235 g/mol. The predicted molar refractivity (Wildman–Crippen MR) is 69.3 cm³/mol. The normalized spacial score (nSPS) is 17.2. The van der Waals surface area contributed by atoms with Crippen LogP contribution in [0.25, 0.3) is 0 Å². The number of hydrogen-bond acceptors (Lipinski definition) is 3. The minimum atomic E-state index is 0.762. The summed E-state index contributed by atoms with van der Waals surface area (Å²) < 4.78 is 0. The van der Waals surface area contributed by atoms with Gasteiger partial charge in [-0.05, 0) is 12.0 Å². The number of carbonyl (C=O) groups is 1. The first-order valence-electron chi connectivity index (χ1n) is 5.73. The quantitative estimate of drug-likeness (QED) is 0.745. The van der Waals surface area contributed by atoms with Gasteiger partial charge in [-0.1, -0.05) is 24.3 Å². The maximum Gasteiger partial charge on any atom is 0.150 e. The Hall–Kier alpha value is -0.800. The number of aldehydes is 1. The average Bonchev–Trinajstić information content (AvgIpc) is 2.38. The lowest BCUT2D eigenvalue weighted by molar-refractivity contribution is 0.112. The van der Waals surface area contributed by atoms with Gasteiger partial charge in [0, 0.05) is 36.7 Å². The third-order valence-electron chi connectivity index (χ3n) is 2.94. The molecule has 2 nitrogen and oxygen atoms in total. The second kappa shape index (κ2) is 6.06. The van der Waals surface area contributed by atoms with Gasteiger partial charge >= 0.3 is 0 Å². The molecule has 1 heterocycles. The highest BCUT2D eigenvalue weighted by Gasteiger charge is 2.09. The molecule has 1 aromatic rings. The standard InChI is InChI=1S/C13H17NOS/c15-11-13-3-1-12(2-4-13)5-6-14-7-9-16-10-8-14/h1-4,11H,5-10H2. The zero-order valence-electron chi connectivity index (χ0n) is 9.39. The lowest BCUT2D eigenvalue weighted by Gasteiger charge is -2.25. The van der Waals surface area contributed by atoms with E-state index in [1.54, 1.807) is 0 Å². The van der Waals surface area contributed by atoms with Crippen LogP contribution in [0.4, 0.5) is 0 Å². The molecule has 0 aliphatic carbocycles. The highest BCUT2D eigenvalue weighted by Crippen LogP contribution is 2.10. The molecule has 1 fully saturated rings. The van der Waals surface area contributed by atoms with Crippen molar-refractivity contribution in [2.24, 2.45) is 0 Å². The Morgan fingerprint density at radius 3 is 2.50 bits per heavy atom. The molecule has 1 aromatic carbocycles. The Balaban J connectivity index is 1.81.